The third kappa shape index (κ3) is 6.34. The summed E-state index contributed by atoms with van der Waals surface area (Å²) in [6.07, 6.45) is -3.59. The summed E-state index contributed by atoms with van der Waals surface area (Å²) in [6, 6.07) is 6.44. The van der Waals surface area contributed by atoms with Crippen LogP contribution in [-0.4, -0.2) is 66.2 Å². The number of carbonyl (C=O) groups is 1. The Labute approximate surface area is 169 Å². The number of allylic oxidation sites excluding steroid dienone is 2. The minimum atomic E-state index is -4.61. The van der Waals surface area contributed by atoms with Gasteiger partial charge in [0.15, 0.2) is 0 Å². The number of ether oxygens (including phenoxy) is 2. The SMILES string of the molecule is O=C(O)N(CCOc1ccc(Cl)cc1)[N+]1(CCOC(F)(F)C(F)F)C=CC=CC1. The lowest BCUT2D eigenvalue weighted by Crippen LogP contribution is -2.61. The van der Waals surface area contributed by atoms with E-state index in [4.69, 9.17) is 16.3 Å². The van der Waals surface area contributed by atoms with Crippen molar-refractivity contribution in [3.63, 3.8) is 0 Å². The van der Waals surface area contributed by atoms with Crippen LogP contribution in [0.2, 0.25) is 5.02 Å². The van der Waals surface area contributed by atoms with E-state index in [2.05, 4.69) is 4.74 Å². The lowest BCUT2D eigenvalue weighted by Gasteiger charge is -2.41. The second-order valence-electron chi connectivity index (χ2n) is 6.08. The highest BCUT2D eigenvalue weighted by Gasteiger charge is 2.44. The number of amides is 1. The summed E-state index contributed by atoms with van der Waals surface area (Å²) in [6.45, 7) is -1.10. The molecule has 1 aromatic carbocycles. The van der Waals surface area contributed by atoms with Crippen molar-refractivity contribution in [2.24, 2.45) is 0 Å². The molecule has 0 aliphatic carbocycles. The number of alkyl halides is 4. The van der Waals surface area contributed by atoms with Gasteiger partial charge >= 0.3 is 18.6 Å². The van der Waals surface area contributed by atoms with E-state index in [1.807, 2.05) is 0 Å². The normalized spacial score (nSPS) is 18.8. The molecule has 160 valence electrons. The molecular formula is C18H20ClF4N2O4+. The topological polar surface area (TPSA) is 59.0 Å². The van der Waals surface area contributed by atoms with Crippen LogP contribution in [-0.2, 0) is 4.74 Å². The van der Waals surface area contributed by atoms with Crippen LogP contribution < -0.4 is 4.74 Å². The molecule has 0 spiro atoms. The Hall–Kier alpha value is -2.30. The fourth-order valence-electron chi connectivity index (χ4n) is 2.71. The predicted octanol–water partition coefficient (Wildman–Crippen LogP) is 4.39. The van der Waals surface area contributed by atoms with E-state index < -0.39 is 29.8 Å². The van der Waals surface area contributed by atoms with Crippen LogP contribution in [0.4, 0.5) is 22.4 Å². The molecule has 0 bridgehead atoms. The van der Waals surface area contributed by atoms with Crippen LogP contribution in [0.1, 0.15) is 0 Å². The molecule has 1 atom stereocenters. The Morgan fingerprint density at radius 3 is 2.48 bits per heavy atom. The first-order valence-corrected chi connectivity index (χ1v) is 8.94. The van der Waals surface area contributed by atoms with Crippen LogP contribution in [0.25, 0.3) is 0 Å². The van der Waals surface area contributed by atoms with Crippen molar-refractivity contribution >= 4 is 17.7 Å². The fraction of sp³-hybridized carbons (Fsp3) is 0.389. The number of halogens is 5. The van der Waals surface area contributed by atoms with Gasteiger partial charge in [0.1, 0.15) is 44.8 Å². The average Bonchev–Trinajstić information content (AvgIpc) is 2.66. The number of hydrogen-bond donors (Lipinski definition) is 1. The zero-order chi connectivity index (χ0) is 21.5. The molecule has 11 heteroatoms. The summed E-state index contributed by atoms with van der Waals surface area (Å²) >= 11 is 5.79. The summed E-state index contributed by atoms with van der Waals surface area (Å²) in [5, 5.41) is 11.1. The molecule has 0 aromatic heterocycles. The smallest absolute Gasteiger partial charge is 0.452 e. The van der Waals surface area contributed by atoms with Crippen LogP contribution in [0.15, 0.2) is 48.7 Å². The largest absolute Gasteiger partial charge is 0.492 e. The van der Waals surface area contributed by atoms with Gasteiger partial charge in [0.2, 0.25) is 0 Å². The third-order valence-electron chi connectivity index (χ3n) is 4.15. The highest BCUT2D eigenvalue weighted by Crippen LogP contribution is 2.25. The van der Waals surface area contributed by atoms with Gasteiger partial charge in [0.05, 0.1) is 0 Å². The average molecular weight is 440 g/mol. The number of nitrogens with zero attached hydrogens (tertiary/aromatic N) is 2. The Kier molecular flexibility index (Phi) is 7.88. The maximum atomic E-state index is 13.0. The quantitative estimate of drug-likeness (QED) is 0.434. The number of benzene rings is 1. The van der Waals surface area contributed by atoms with E-state index in [1.54, 1.807) is 42.5 Å². The van der Waals surface area contributed by atoms with Crippen LogP contribution in [0.3, 0.4) is 0 Å². The van der Waals surface area contributed by atoms with Gasteiger partial charge in [-0.2, -0.15) is 13.4 Å². The van der Waals surface area contributed by atoms with Crippen LogP contribution >= 0.6 is 11.6 Å². The molecule has 1 aliphatic rings. The molecule has 0 fully saturated rings. The summed E-state index contributed by atoms with van der Waals surface area (Å²) < 4.78 is 59.7. The van der Waals surface area contributed by atoms with Gasteiger partial charge in [-0.15, -0.1) is 5.01 Å². The zero-order valence-corrected chi connectivity index (χ0v) is 15.9. The second kappa shape index (κ2) is 9.95. The molecule has 6 nitrogen and oxygen atoms in total. The lowest BCUT2D eigenvalue weighted by atomic mass is 10.3. The maximum absolute atomic E-state index is 13.0. The van der Waals surface area contributed by atoms with E-state index in [0.29, 0.717) is 10.8 Å². The fourth-order valence-corrected chi connectivity index (χ4v) is 2.83. The van der Waals surface area contributed by atoms with Crippen molar-refractivity contribution in [3.05, 3.63) is 53.7 Å². The molecule has 0 saturated heterocycles. The van der Waals surface area contributed by atoms with Crippen LogP contribution in [0, 0.1) is 0 Å². The minimum absolute atomic E-state index is 0.0282. The monoisotopic (exact) mass is 439 g/mol. The number of hydrogen-bond acceptors (Lipinski definition) is 3. The van der Waals surface area contributed by atoms with Crippen molar-refractivity contribution in [2.45, 2.75) is 12.5 Å². The Balaban J connectivity index is 2.05. The summed E-state index contributed by atoms with van der Waals surface area (Å²) in [4.78, 5) is 11.8. The van der Waals surface area contributed by atoms with E-state index in [0.717, 1.165) is 5.01 Å². The molecule has 1 aromatic rings. The Morgan fingerprint density at radius 2 is 1.93 bits per heavy atom. The number of rotatable bonds is 10. The molecule has 1 N–H and O–H groups in total. The molecule has 1 unspecified atom stereocenters. The van der Waals surface area contributed by atoms with Crippen molar-refractivity contribution < 1.29 is 41.5 Å². The van der Waals surface area contributed by atoms with Gasteiger partial charge in [-0.3, -0.25) is 0 Å². The van der Waals surface area contributed by atoms with Crippen molar-refractivity contribution in [3.8, 4) is 5.75 Å². The van der Waals surface area contributed by atoms with Crippen LogP contribution in [0.5, 0.6) is 5.75 Å². The highest BCUT2D eigenvalue weighted by molar-refractivity contribution is 6.30. The van der Waals surface area contributed by atoms with Crippen molar-refractivity contribution in [1.82, 2.24) is 5.01 Å². The van der Waals surface area contributed by atoms with Gasteiger partial charge in [0.25, 0.3) is 0 Å². The standard InChI is InChI=1S/C18H19ClF4N2O4/c19-14-4-6-15(7-5-14)28-12-8-24(17(26)27)25(9-2-1-3-10-25)11-13-29-18(22,23)16(20)21/h1-7,9,16H,8,10-13H2/p+1. The summed E-state index contributed by atoms with van der Waals surface area (Å²) in [5.41, 5.74) is 0. The first-order chi connectivity index (χ1) is 13.7. The second-order valence-corrected chi connectivity index (χ2v) is 6.52. The Bertz CT molecular complexity index is 746. The van der Waals surface area contributed by atoms with Gasteiger partial charge in [-0.05, 0) is 36.4 Å². The molecule has 1 heterocycles. The molecule has 0 saturated carbocycles. The van der Waals surface area contributed by atoms with Gasteiger partial charge in [0, 0.05) is 5.02 Å². The van der Waals surface area contributed by atoms with Gasteiger partial charge in [-0.1, -0.05) is 17.7 Å². The minimum Gasteiger partial charge on any atom is -0.492 e. The summed E-state index contributed by atoms with van der Waals surface area (Å²) in [5.74, 6) is 0.472. The van der Waals surface area contributed by atoms with E-state index in [9.17, 15) is 27.5 Å². The molecule has 0 radical (unpaired) electrons. The third-order valence-corrected chi connectivity index (χ3v) is 4.40. The number of carboxylic acid groups (broad SMARTS) is 1. The van der Waals surface area contributed by atoms with Crippen molar-refractivity contribution in [1.29, 1.82) is 0 Å². The molecular weight excluding hydrogens is 420 g/mol. The Morgan fingerprint density at radius 1 is 1.24 bits per heavy atom. The molecule has 29 heavy (non-hydrogen) atoms. The lowest BCUT2D eigenvalue weighted by molar-refractivity contribution is -0.977. The first kappa shape index (κ1) is 23.0. The van der Waals surface area contributed by atoms with E-state index >= 15 is 0 Å². The van der Waals surface area contributed by atoms with Crippen molar-refractivity contribution in [2.75, 3.05) is 32.8 Å². The highest BCUT2D eigenvalue weighted by atomic mass is 35.5. The maximum Gasteiger partial charge on any atom is 0.452 e. The molecule has 1 amide bonds. The first-order valence-electron chi connectivity index (χ1n) is 8.57. The summed E-state index contributed by atoms with van der Waals surface area (Å²) in [7, 11) is 0. The number of quaternary nitrogens is 1. The van der Waals surface area contributed by atoms with E-state index in [-0.39, 0.29) is 26.2 Å². The predicted molar refractivity (Wildman–Crippen MR) is 96.9 cm³/mol. The van der Waals surface area contributed by atoms with Gasteiger partial charge < -0.3 is 14.6 Å². The van der Waals surface area contributed by atoms with Gasteiger partial charge in [-0.25, -0.2) is 13.6 Å². The zero-order valence-electron chi connectivity index (χ0n) is 15.2. The van der Waals surface area contributed by atoms with E-state index in [1.165, 1.54) is 6.20 Å². The molecule has 1 aliphatic heterocycles. The molecule has 2 rings (SSSR count).